The number of rotatable bonds is 4. The van der Waals surface area contributed by atoms with E-state index in [4.69, 9.17) is 10.8 Å². The summed E-state index contributed by atoms with van der Waals surface area (Å²) in [5.74, 6) is -1.47. The smallest absolute Gasteiger partial charge is 0.326 e. The molecular weight excluding hydrogens is 220 g/mol. The molecule has 17 heavy (non-hydrogen) atoms. The van der Waals surface area contributed by atoms with Crippen LogP contribution in [0, 0.1) is 6.92 Å². The predicted octanol–water partition coefficient (Wildman–Crippen LogP) is 1.17. The summed E-state index contributed by atoms with van der Waals surface area (Å²) in [5.41, 5.74) is 7.45. The molecule has 0 bridgehead atoms. The fraction of sp³-hybridized carbons (Fsp3) is 0.333. The van der Waals surface area contributed by atoms with Crippen molar-refractivity contribution in [3.63, 3.8) is 0 Å². The zero-order valence-electron chi connectivity index (χ0n) is 9.86. The van der Waals surface area contributed by atoms with Crippen molar-refractivity contribution in [2.24, 2.45) is 0 Å². The molecule has 5 heteroatoms. The number of carboxylic acid groups (broad SMARTS) is 1. The molecule has 0 aliphatic rings. The molecule has 4 N–H and O–H groups in total. The average Bonchev–Trinajstić information content (AvgIpc) is 2.28. The number of nitrogen functional groups attached to an aromatic ring is 1. The lowest BCUT2D eigenvalue weighted by Gasteiger charge is -2.12. The van der Waals surface area contributed by atoms with Gasteiger partial charge in [-0.1, -0.05) is 13.0 Å². The molecule has 1 aromatic carbocycles. The number of hydrogen-bond acceptors (Lipinski definition) is 3. The molecule has 1 amide bonds. The Morgan fingerprint density at radius 3 is 2.59 bits per heavy atom. The van der Waals surface area contributed by atoms with Gasteiger partial charge in [-0.25, -0.2) is 4.79 Å². The summed E-state index contributed by atoms with van der Waals surface area (Å²) in [5, 5.41) is 11.3. The number of carbonyl (C=O) groups is 2. The summed E-state index contributed by atoms with van der Waals surface area (Å²) < 4.78 is 0. The lowest BCUT2D eigenvalue weighted by Crippen LogP contribution is -2.40. The van der Waals surface area contributed by atoms with E-state index in [1.54, 1.807) is 25.1 Å². The van der Waals surface area contributed by atoms with Crippen LogP contribution in [-0.4, -0.2) is 23.0 Å². The molecule has 0 unspecified atom stereocenters. The van der Waals surface area contributed by atoms with Crippen LogP contribution in [-0.2, 0) is 4.79 Å². The minimum Gasteiger partial charge on any atom is -0.480 e. The molecule has 92 valence electrons. The number of aliphatic carboxylic acids is 1. The number of hydrogen-bond donors (Lipinski definition) is 3. The Morgan fingerprint density at radius 1 is 1.47 bits per heavy atom. The largest absolute Gasteiger partial charge is 0.480 e. The zero-order chi connectivity index (χ0) is 13.0. The second-order valence-corrected chi connectivity index (χ2v) is 3.84. The number of nitrogens with two attached hydrogens (primary N) is 1. The lowest BCUT2D eigenvalue weighted by molar-refractivity contribution is -0.139. The number of amides is 1. The van der Waals surface area contributed by atoms with Crippen LogP contribution in [0.2, 0.25) is 0 Å². The van der Waals surface area contributed by atoms with Gasteiger partial charge in [0.05, 0.1) is 0 Å². The van der Waals surface area contributed by atoms with E-state index >= 15 is 0 Å². The normalized spacial score (nSPS) is 11.9. The van der Waals surface area contributed by atoms with E-state index in [9.17, 15) is 9.59 Å². The molecule has 0 spiro atoms. The molecule has 0 aliphatic carbocycles. The Bertz CT molecular complexity index is 443. The van der Waals surface area contributed by atoms with Gasteiger partial charge in [0.2, 0.25) is 0 Å². The van der Waals surface area contributed by atoms with Gasteiger partial charge in [0.15, 0.2) is 0 Å². The molecule has 0 saturated carbocycles. The topological polar surface area (TPSA) is 92.4 Å². The number of carbonyl (C=O) groups excluding carboxylic acids is 1. The van der Waals surface area contributed by atoms with Crippen LogP contribution < -0.4 is 11.1 Å². The highest BCUT2D eigenvalue weighted by Gasteiger charge is 2.18. The first-order valence-electron chi connectivity index (χ1n) is 5.35. The predicted molar refractivity (Wildman–Crippen MR) is 64.8 cm³/mol. The highest BCUT2D eigenvalue weighted by molar-refractivity contribution is 5.97. The average molecular weight is 236 g/mol. The Kier molecular flexibility index (Phi) is 4.09. The molecule has 0 aromatic heterocycles. The van der Waals surface area contributed by atoms with Gasteiger partial charge in [0.25, 0.3) is 5.91 Å². The SMILES string of the molecule is CC[C@H](NC(=O)c1ccc(C)c(N)c1)C(=O)O. The van der Waals surface area contributed by atoms with Crippen molar-refractivity contribution < 1.29 is 14.7 Å². The van der Waals surface area contributed by atoms with Gasteiger partial charge in [0, 0.05) is 11.3 Å². The summed E-state index contributed by atoms with van der Waals surface area (Å²) in [6.45, 7) is 3.53. The second kappa shape index (κ2) is 5.34. The van der Waals surface area contributed by atoms with E-state index in [2.05, 4.69) is 5.32 Å². The van der Waals surface area contributed by atoms with Gasteiger partial charge in [-0.05, 0) is 31.0 Å². The van der Waals surface area contributed by atoms with Crippen LogP contribution in [0.5, 0.6) is 0 Å². The summed E-state index contributed by atoms with van der Waals surface area (Å²) in [6.07, 6.45) is 0.336. The van der Waals surface area contributed by atoms with Crippen LogP contribution >= 0.6 is 0 Å². The lowest BCUT2D eigenvalue weighted by atomic mass is 10.1. The van der Waals surface area contributed by atoms with E-state index in [0.717, 1.165) is 5.56 Å². The number of benzene rings is 1. The van der Waals surface area contributed by atoms with Gasteiger partial charge < -0.3 is 16.2 Å². The maximum absolute atomic E-state index is 11.8. The maximum Gasteiger partial charge on any atom is 0.326 e. The van der Waals surface area contributed by atoms with Crippen molar-refractivity contribution >= 4 is 17.6 Å². The van der Waals surface area contributed by atoms with Crippen LogP contribution in [0.3, 0.4) is 0 Å². The Morgan fingerprint density at radius 2 is 2.12 bits per heavy atom. The van der Waals surface area contributed by atoms with Gasteiger partial charge in [-0.2, -0.15) is 0 Å². The third-order valence-corrected chi connectivity index (χ3v) is 2.55. The van der Waals surface area contributed by atoms with E-state index < -0.39 is 17.9 Å². The monoisotopic (exact) mass is 236 g/mol. The highest BCUT2D eigenvalue weighted by Crippen LogP contribution is 2.13. The molecule has 0 saturated heterocycles. The van der Waals surface area contributed by atoms with Crippen molar-refractivity contribution in [3.8, 4) is 0 Å². The van der Waals surface area contributed by atoms with E-state index in [-0.39, 0.29) is 0 Å². The first-order chi connectivity index (χ1) is 7.95. The first kappa shape index (κ1) is 13.0. The van der Waals surface area contributed by atoms with Crippen LogP contribution in [0.4, 0.5) is 5.69 Å². The Hall–Kier alpha value is -2.04. The van der Waals surface area contributed by atoms with Crippen LogP contribution in [0.25, 0.3) is 0 Å². The van der Waals surface area contributed by atoms with Crippen molar-refractivity contribution in [3.05, 3.63) is 29.3 Å². The summed E-state index contributed by atoms with van der Waals surface area (Å²) >= 11 is 0. The van der Waals surface area contributed by atoms with Gasteiger partial charge >= 0.3 is 5.97 Å². The fourth-order valence-electron chi connectivity index (χ4n) is 1.36. The van der Waals surface area contributed by atoms with Crippen LogP contribution in [0.1, 0.15) is 29.3 Å². The molecule has 0 aliphatic heterocycles. The van der Waals surface area contributed by atoms with Crippen LogP contribution in [0.15, 0.2) is 18.2 Å². The van der Waals surface area contributed by atoms with Gasteiger partial charge in [-0.3, -0.25) is 4.79 Å². The van der Waals surface area contributed by atoms with Gasteiger partial charge in [-0.15, -0.1) is 0 Å². The van der Waals surface area contributed by atoms with E-state index in [0.29, 0.717) is 17.7 Å². The third-order valence-electron chi connectivity index (χ3n) is 2.55. The zero-order valence-corrected chi connectivity index (χ0v) is 9.86. The number of anilines is 1. The molecule has 1 atom stereocenters. The number of aryl methyl sites for hydroxylation is 1. The Balaban J connectivity index is 2.82. The molecule has 1 aromatic rings. The standard InChI is InChI=1S/C12H16N2O3/c1-3-10(12(16)17)14-11(15)8-5-4-7(2)9(13)6-8/h4-6,10H,3,13H2,1-2H3,(H,14,15)(H,16,17)/t10-/m0/s1. The van der Waals surface area contributed by atoms with Crippen molar-refractivity contribution in [2.75, 3.05) is 5.73 Å². The molecule has 0 fully saturated rings. The Labute approximate surface area is 99.6 Å². The van der Waals surface area contributed by atoms with Crippen molar-refractivity contribution in [1.82, 2.24) is 5.32 Å². The molecule has 1 rings (SSSR count). The van der Waals surface area contributed by atoms with E-state index in [1.807, 2.05) is 6.92 Å². The van der Waals surface area contributed by atoms with Gasteiger partial charge in [0.1, 0.15) is 6.04 Å². The number of carboxylic acids is 1. The molecule has 0 radical (unpaired) electrons. The minimum absolute atomic E-state index is 0.336. The summed E-state index contributed by atoms with van der Waals surface area (Å²) in [6, 6.07) is 4.02. The van der Waals surface area contributed by atoms with E-state index in [1.165, 1.54) is 0 Å². The quantitative estimate of drug-likeness (QED) is 0.684. The molecular formula is C12H16N2O3. The second-order valence-electron chi connectivity index (χ2n) is 3.84. The van der Waals surface area contributed by atoms with Crippen molar-refractivity contribution in [2.45, 2.75) is 26.3 Å². The minimum atomic E-state index is -1.04. The van der Waals surface area contributed by atoms with Crippen molar-refractivity contribution in [1.29, 1.82) is 0 Å². The number of nitrogens with one attached hydrogen (secondary N) is 1. The highest BCUT2D eigenvalue weighted by atomic mass is 16.4. The molecule has 0 heterocycles. The third kappa shape index (κ3) is 3.21. The fourth-order valence-corrected chi connectivity index (χ4v) is 1.36. The maximum atomic E-state index is 11.8. The summed E-state index contributed by atoms with van der Waals surface area (Å²) in [7, 11) is 0. The first-order valence-corrected chi connectivity index (χ1v) is 5.35. The molecule has 5 nitrogen and oxygen atoms in total. The summed E-state index contributed by atoms with van der Waals surface area (Å²) in [4.78, 5) is 22.5.